The Labute approximate surface area is 96.6 Å². The van der Waals surface area contributed by atoms with Gasteiger partial charge in [0.05, 0.1) is 12.7 Å². The molecule has 0 aromatic heterocycles. The highest BCUT2D eigenvalue weighted by molar-refractivity contribution is 5.69. The van der Waals surface area contributed by atoms with Gasteiger partial charge in [0.25, 0.3) is 0 Å². The van der Waals surface area contributed by atoms with E-state index >= 15 is 0 Å². The quantitative estimate of drug-likeness (QED) is 0.782. The summed E-state index contributed by atoms with van der Waals surface area (Å²) >= 11 is 0. The Morgan fingerprint density at radius 1 is 1.38 bits per heavy atom. The van der Waals surface area contributed by atoms with Crippen LogP contribution in [0, 0.1) is 5.92 Å². The Balaban J connectivity index is 1.92. The Kier molecular flexibility index (Phi) is 3.38. The number of hydrogen-bond acceptors (Lipinski definition) is 3. The van der Waals surface area contributed by atoms with Crippen molar-refractivity contribution in [1.29, 1.82) is 0 Å². The van der Waals surface area contributed by atoms with Gasteiger partial charge >= 0.3 is 6.09 Å². The van der Waals surface area contributed by atoms with Crippen LogP contribution in [0.25, 0.3) is 0 Å². The molecule has 2 heterocycles. The van der Waals surface area contributed by atoms with Crippen molar-refractivity contribution < 1.29 is 14.6 Å². The average Bonchev–Trinajstić information content (AvgIpc) is 2.48. The molecule has 2 aliphatic rings. The molecule has 2 fully saturated rings. The molecule has 92 valence electrons. The molecule has 2 saturated heterocycles. The van der Waals surface area contributed by atoms with Crippen LogP contribution in [0.1, 0.15) is 39.5 Å². The summed E-state index contributed by atoms with van der Waals surface area (Å²) in [6.07, 6.45) is 3.04. The number of nitrogens with zero attached hydrogens (tertiary/aromatic N) is 1. The second-order valence-electron chi connectivity index (χ2n) is 5.39. The monoisotopic (exact) mass is 227 g/mol. The number of carbonyl (C=O) groups excluding carboxylic acids is 1. The van der Waals surface area contributed by atoms with Gasteiger partial charge in [-0.3, -0.25) is 0 Å². The minimum Gasteiger partial charge on any atom is -0.449 e. The third-order valence-electron chi connectivity index (χ3n) is 3.46. The van der Waals surface area contributed by atoms with E-state index in [1.54, 1.807) is 0 Å². The molecule has 1 N–H and O–H groups in total. The van der Waals surface area contributed by atoms with Gasteiger partial charge in [-0.2, -0.15) is 0 Å². The Morgan fingerprint density at radius 2 is 1.94 bits per heavy atom. The van der Waals surface area contributed by atoms with Crippen LogP contribution in [0.4, 0.5) is 4.79 Å². The van der Waals surface area contributed by atoms with E-state index in [2.05, 4.69) is 0 Å². The molecule has 1 unspecified atom stereocenters. The molecule has 0 spiro atoms. The lowest BCUT2D eigenvalue weighted by molar-refractivity contribution is 0.0213. The van der Waals surface area contributed by atoms with Gasteiger partial charge in [-0.25, -0.2) is 4.79 Å². The first kappa shape index (κ1) is 11.7. The molecule has 2 bridgehead atoms. The molecule has 16 heavy (non-hydrogen) atoms. The predicted molar refractivity (Wildman–Crippen MR) is 60.1 cm³/mol. The molecule has 2 rings (SSSR count). The summed E-state index contributed by atoms with van der Waals surface area (Å²) in [5.74, 6) is 0.372. The van der Waals surface area contributed by atoms with E-state index in [4.69, 9.17) is 4.74 Å². The van der Waals surface area contributed by atoms with Gasteiger partial charge in [-0.05, 0) is 31.6 Å². The average molecular weight is 227 g/mol. The summed E-state index contributed by atoms with van der Waals surface area (Å²) in [6.45, 7) is 4.54. The van der Waals surface area contributed by atoms with E-state index in [0.717, 1.165) is 12.8 Å². The number of amides is 1. The zero-order valence-corrected chi connectivity index (χ0v) is 10.1. The lowest BCUT2D eigenvalue weighted by Crippen LogP contribution is -2.48. The molecule has 2 aliphatic heterocycles. The second kappa shape index (κ2) is 4.62. The standard InChI is InChI=1S/C12H21NO3/c1-8(2)7-16-12(15)13-9-3-4-10(13)6-11(14)5-9/h8-11,14H,3-7H2,1-2H3/t9-,10+,11?. The van der Waals surface area contributed by atoms with E-state index in [9.17, 15) is 9.90 Å². The fourth-order valence-corrected chi connectivity index (χ4v) is 2.76. The predicted octanol–water partition coefficient (Wildman–Crippen LogP) is 1.77. The van der Waals surface area contributed by atoms with Crippen LogP contribution in [0.5, 0.6) is 0 Å². The molecule has 0 aromatic carbocycles. The van der Waals surface area contributed by atoms with Crippen molar-refractivity contribution >= 4 is 6.09 Å². The smallest absolute Gasteiger partial charge is 0.410 e. The van der Waals surface area contributed by atoms with Crippen molar-refractivity contribution in [1.82, 2.24) is 4.90 Å². The minimum atomic E-state index is -0.230. The fraction of sp³-hybridized carbons (Fsp3) is 0.917. The summed E-state index contributed by atoms with van der Waals surface area (Å²) in [6, 6.07) is 0.404. The molecule has 0 aromatic rings. The van der Waals surface area contributed by atoms with Crippen LogP contribution in [-0.4, -0.2) is 40.9 Å². The fourth-order valence-electron chi connectivity index (χ4n) is 2.76. The highest BCUT2D eigenvalue weighted by atomic mass is 16.6. The zero-order chi connectivity index (χ0) is 11.7. The van der Waals surface area contributed by atoms with Crippen LogP contribution in [0.3, 0.4) is 0 Å². The van der Waals surface area contributed by atoms with Gasteiger partial charge in [0.2, 0.25) is 0 Å². The molecule has 4 nitrogen and oxygen atoms in total. The first-order valence-electron chi connectivity index (χ1n) is 6.21. The summed E-state index contributed by atoms with van der Waals surface area (Å²) in [4.78, 5) is 13.7. The lowest BCUT2D eigenvalue weighted by Gasteiger charge is -2.36. The van der Waals surface area contributed by atoms with Crippen molar-refractivity contribution in [3.63, 3.8) is 0 Å². The molecule has 0 aliphatic carbocycles. The largest absolute Gasteiger partial charge is 0.449 e. The molecular formula is C12H21NO3. The summed E-state index contributed by atoms with van der Waals surface area (Å²) in [7, 11) is 0. The number of aliphatic hydroxyl groups is 1. The maximum absolute atomic E-state index is 11.9. The first-order chi connectivity index (χ1) is 7.58. The maximum Gasteiger partial charge on any atom is 0.410 e. The normalized spacial score (nSPS) is 33.2. The molecule has 4 heteroatoms. The number of rotatable bonds is 2. The summed E-state index contributed by atoms with van der Waals surface area (Å²) in [5.41, 5.74) is 0. The van der Waals surface area contributed by atoms with Gasteiger partial charge in [0.1, 0.15) is 0 Å². The number of carbonyl (C=O) groups is 1. The van der Waals surface area contributed by atoms with Crippen LogP contribution in [0.15, 0.2) is 0 Å². The van der Waals surface area contributed by atoms with Gasteiger partial charge in [-0.1, -0.05) is 13.8 Å². The second-order valence-corrected chi connectivity index (χ2v) is 5.39. The number of fused-ring (bicyclic) bond motifs is 2. The maximum atomic E-state index is 11.9. The first-order valence-corrected chi connectivity index (χ1v) is 6.21. The highest BCUT2D eigenvalue weighted by Gasteiger charge is 2.43. The minimum absolute atomic E-state index is 0.187. The highest BCUT2D eigenvalue weighted by Crippen LogP contribution is 2.36. The number of piperidine rings is 1. The Hall–Kier alpha value is -0.770. The van der Waals surface area contributed by atoms with Gasteiger partial charge in [0, 0.05) is 12.1 Å². The van der Waals surface area contributed by atoms with Crippen LogP contribution in [0.2, 0.25) is 0 Å². The van der Waals surface area contributed by atoms with E-state index in [0.29, 0.717) is 25.4 Å². The van der Waals surface area contributed by atoms with E-state index < -0.39 is 0 Å². The SMILES string of the molecule is CC(C)COC(=O)N1[C@@H]2CC[C@H]1CC(O)C2. The van der Waals surface area contributed by atoms with Gasteiger partial charge in [0.15, 0.2) is 0 Å². The van der Waals surface area contributed by atoms with Crippen molar-refractivity contribution in [2.75, 3.05) is 6.61 Å². The van der Waals surface area contributed by atoms with Crippen LogP contribution >= 0.6 is 0 Å². The topological polar surface area (TPSA) is 49.8 Å². The Morgan fingerprint density at radius 3 is 2.44 bits per heavy atom. The van der Waals surface area contributed by atoms with E-state index in [1.165, 1.54) is 0 Å². The van der Waals surface area contributed by atoms with Crippen molar-refractivity contribution in [2.45, 2.75) is 57.7 Å². The molecular weight excluding hydrogens is 206 g/mol. The van der Waals surface area contributed by atoms with Crippen molar-refractivity contribution in [2.24, 2.45) is 5.92 Å². The Bertz CT molecular complexity index is 253. The van der Waals surface area contributed by atoms with Crippen LogP contribution < -0.4 is 0 Å². The summed E-state index contributed by atoms with van der Waals surface area (Å²) in [5, 5.41) is 9.63. The molecule has 0 saturated carbocycles. The van der Waals surface area contributed by atoms with E-state index in [1.807, 2.05) is 18.7 Å². The molecule has 1 amide bonds. The van der Waals surface area contributed by atoms with Crippen molar-refractivity contribution in [3.8, 4) is 0 Å². The zero-order valence-electron chi connectivity index (χ0n) is 10.1. The number of aliphatic hydroxyl groups excluding tert-OH is 1. The third kappa shape index (κ3) is 2.32. The lowest BCUT2D eigenvalue weighted by atomic mass is 10.0. The third-order valence-corrected chi connectivity index (χ3v) is 3.46. The van der Waals surface area contributed by atoms with Crippen LogP contribution in [-0.2, 0) is 4.74 Å². The van der Waals surface area contributed by atoms with Gasteiger partial charge < -0.3 is 14.7 Å². The van der Waals surface area contributed by atoms with Gasteiger partial charge in [-0.15, -0.1) is 0 Å². The molecule has 3 atom stereocenters. The number of ether oxygens (including phenoxy) is 1. The number of hydrogen-bond donors (Lipinski definition) is 1. The van der Waals surface area contributed by atoms with E-state index in [-0.39, 0.29) is 24.3 Å². The summed E-state index contributed by atoms with van der Waals surface area (Å²) < 4.78 is 5.26. The molecule has 0 radical (unpaired) electrons. The van der Waals surface area contributed by atoms with Crippen molar-refractivity contribution in [3.05, 3.63) is 0 Å².